The molecule has 0 atom stereocenters. The molecule has 0 amide bonds. The molecule has 10 heteroatoms. The molecule has 0 bridgehead atoms. The molecule has 0 N–H and O–H groups in total. The lowest BCUT2D eigenvalue weighted by atomic mass is 10.0. The maximum absolute atomic E-state index is 7.44. The fourth-order valence-electron chi connectivity index (χ4n) is 14.1. The third-order valence-corrected chi connectivity index (χ3v) is 18.2. The summed E-state index contributed by atoms with van der Waals surface area (Å²) in [5.74, 6) is 0. The number of hydrogen-bond acceptors (Lipinski definition) is 8. The number of furan rings is 4. The van der Waals surface area contributed by atoms with E-state index in [1.807, 2.05) is 72.8 Å². The standard InChI is InChI=1S/C78H40N2O8/c1-5-13-61-49(9-1)53-33-41(21-29-65(53)81-61)45-17-25-57-69(37-45)85-75-73-77(87-70-38-46(18-26-58(70)79(57)73)42-22-30-66-54(34-42)50-10-2-6-14-62(50)82-66)78-74-76(75)86-71-39-47(43-23-31-67-55(35-43)51-11-3-7-15-63(51)83-67)19-27-59(71)80(74)60-28-20-48(40-72(60)88-78)44-24-32-68-56(36-44)52-12-4-8-16-64(52)84-68/h1-40H. The van der Waals surface area contributed by atoms with Crippen molar-refractivity contribution < 1.29 is 35.3 Å². The van der Waals surface area contributed by atoms with Crippen LogP contribution in [0.5, 0.6) is 0 Å². The Kier molecular flexibility index (Phi) is 8.84. The minimum absolute atomic E-state index is 0.485. The third-order valence-electron chi connectivity index (χ3n) is 18.2. The van der Waals surface area contributed by atoms with Crippen LogP contribution in [0.4, 0.5) is 0 Å². The molecule has 0 spiro atoms. The van der Waals surface area contributed by atoms with Crippen LogP contribution in [-0.4, -0.2) is 8.80 Å². The van der Waals surface area contributed by atoms with Gasteiger partial charge in [-0.1, -0.05) is 121 Å². The molecular weight excluding hydrogens is 1090 g/mol. The molecule has 8 heterocycles. The van der Waals surface area contributed by atoms with Gasteiger partial charge in [-0.15, -0.1) is 0 Å². The summed E-state index contributed by atoms with van der Waals surface area (Å²) >= 11 is 0. The largest absolute Gasteiger partial charge is 0.456 e. The molecule has 0 saturated heterocycles. The minimum Gasteiger partial charge on any atom is -0.456 e. The van der Waals surface area contributed by atoms with Crippen LogP contribution < -0.4 is 0 Å². The van der Waals surface area contributed by atoms with Gasteiger partial charge >= 0.3 is 0 Å². The van der Waals surface area contributed by atoms with Crippen molar-refractivity contribution in [1.82, 2.24) is 8.80 Å². The van der Waals surface area contributed by atoms with Gasteiger partial charge in [0.1, 0.15) is 55.7 Å². The molecule has 410 valence electrons. The number of fused-ring (bicyclic) bond motifs is 22. The van der Waals surface area contributed by atoms with Gasteiger partial charge in [-0.2, -0.15) is 0 Å². The molecule has 0 saturated carbocycles. The molecular formula is C78H40N2O8. The van der Waals surface area contributed by atoms with E-state index in [2.05, 4.69) is 179 Å². The molecule has 21 aromatic rings. The first-order chi connectivity index (χ1) is 43.5. The number of aromatic nitrogens is 2. The smallest absolute Gasteiger partial charge is 0.200 e. The van der Waals surface area contributed by atoms with Gasteiger partial charge in [0.2, 0.25) is 0 Å². The van der Waals surface area contributed by atoms with E-state index in [9.17, 15) is 0 Å². The van der Waals surface area contributed by atoms with Gasteiger partial charge in [0.05, 0.1) is 22.1 Å². The van der Waals surface area contributed by atoms with Crippen LogP contribution in [0.1, 0.15) is 0 Å². The van der Waals surface area contributed by atoms with Crippen LogP contribution in [-0.2, 0) is 0 Å². The minimum atomic E-state index is 0.485. The van der Waals surface area contributed by atoms with Crippen LogP contribution in [0.15, 0.2) is 278 Å². The maximum atomic E-state index is 7.44. The van der Waals surface area contributed by atoms with Crippen LogP contribution in [0.3, 0.4) is 0 Å². The molecule has 0 radical (unpaired) electrons. The first-order valence-electron chi connectivity index (χ1n) is 29.3. The van der Waals surface area contributed by atoms with Crippen LogP contribution in [0.25, 0.3) is 210 Å². The summed E-state index contributed by atoms with van der Waals surface area (Å²) < 4.78 is 59.4. The first kappa shape index (κ1) is 46.3. The second-order valence-corrected chi connectivity index (χ2v) is 23.1. The molecule has 8 aromatic heterocycles. The van der Waals surface area contributed by atoms with Crippen molar-refractivity contribution in [3.8, 4) is 44.5 Å². The fraction of sp³-hybridized carbons (Fsp3) is 0. The zero-order chi connectivity index (χ0) is 57.0. The van der Waals surface area contributed by atoms with E-state index < -0.39 is 0 Å². The van der Waals surface area contributed by atoms with Gasteiger partial charge in [-0.3, -0.25) is 8.80 Å². The van der Waals surface area contributed by atoms with Crippen molar-refractivity contribution in [3.05, 3.63) is 243 Å². The summed E-state index contributed by atoms with van der Waals surface area (Å²) in [4.78, 5) is 0. The Morgan fingerprint density at radius 1 is 0.170 bits per heavy atom. The van der Waals surface area contributed by atoms with Gasteiger partial charge in [0, 0.05) is 43.1 Å². The van der Waals surface area contributed by atoms with E-state index in [1.54, 1.807) is 0 Å². The number of nitrogens with zero attached hydrogens (tertiary/aromatic N) is 2. The van der Waals surface area contributed by atoms with Gasteiger partial charge < -0.3 is 35.3 Å². The molecule has 0 aliphatic rings. The Hall–Kier alpha value is -12.1. The fourth-order valence-corrected chi connectivity index (χ4v) is 14.1. The zero-order valence-electron chi connectivity index (χ0n) is 46.3. The number of benzene rings is 13. The molecule has 88 heavy (non-hydrogen) atoms. The normalized spacial score (nSPS) is 12.5. The quantitative estimate of drug-likeness (QED) is 0.126. The van der Waals surface area contributed by atoms with Crippen molar-refractivity contribution in [2.75, 3.05) is 0 Å². The summed E-state index contributed by atoms with van der Waals surface area (Å²) in [6.45, 7) is 0. The molecule has 0 aliphatic carbocycles. The Morgan fingerprint density at radius 2 is 0.386 bits per heavy atom. The summed E-state index contributed by atoms with van der Waals surface area (Å²) in [5, 5.41) is 8.41. The number of hydrogen-bond donors (Lipinski definition) is 0. The van der Waals surface area contributed by atoms with E-state index in [-0.39, 0.29) is 0 Å². The van der Waals surface area contributed by atoms with E-state index >= 15 is 0 Å². The Labute approximate surface area is 494 Å². The highest BCUT2D eigenvalue weighted by Crippen LogP contribution is 2.46. The summed E-state index contributed by atoms with van der Waals surface area (Å²) in [7, 11) is 0. The van der Waals surface area contributed by atoms with Crippen molar-refractivity contribution in [2.24, 2.45) is 0 Å². The first-order valence-corrected chi connectivity index (χ1v) is 29.3. The lowest BCUT2D eigenvalue weighted by Gasteiger charge is -2.19. The van der Waals surface area contributed by atoms with Crippen molar-refractivity contribution in [2.45, 2.75) is 0 Å². The Bertz CT molecular complexity index is 5910. The average Bonchev–Trinajstić information content (AvgIpc) is 0.961. The lowest BCUT2D eigenvalue weighted by Crippen LogP contribution is -2.02. The summed E-state index contributed by atoms with van der Waals surface area (Å²) in [6.07, 6.45) is 0. The Balaban J connectivity index is 0.873. The maximum Gasteiger partial charge on any atom is 0.200 e. The number of para-hydroxylation sites is 4. The van der Waals surface area contributed by atoms with Gasteiger partial charge in [-0.05, 0) is 166 Å². The van der Waals surface area contributed by atoms with Gasteiger partial charge in [0.25, 0.3) is 0 Å². The molecule has 21 rings (SSSR count). The highest BCUT2D eigenvalue weighted by Gasteiger charge is 2.28. The average molecular weight is 1130 g/mol. The Morgan fingerprint density at radius 3 is 0.648 bits per heavy atom. The highest BCUT2D eigenvalue weighted by molar-refractivity contribution is 6.21. The van der Waals surface area contributed by atoms with Crippen molar-refractivity contribution in [3.63, 3.8) is 0 Å². The predicted octanol–water partition coefficient (Wildman–Crippen LogP) is 22.9. The SMILES string of the molecule is c1ccc2c(c1)oc1ccc(-c3ccc4c(c3)oc3c5oc6cc(-c7ccc8oc9ccccc9c8c7)ccc6n6c7ccc(-c8ccc9oc%10ccccc%10c9c8)cc7oc(c7oc8cc(-c9ccc%10oc%11ccccc%11c%10c9)ccc8n4c37)c56)cc12. The number of rotatable bonds is 4. The third kappa shape index (κ3) is 6.38. The van der Waals surface area contributed by atoms with Crippen molar-refractivity contribution >= 4 is 166 Å². The van der Waals surface area contributed by atoms with Crippen molar-refractivity contribution in [1.29, 1.82) is 0 Å². The molecule has 0 unspecified atom stereocenters. The highest BCUT2D eigenvalue weighted by atomic mass is 16.4. The van der Waals surface area contributed by atoms with Gasteiger partial charge in [-0.25, -0.2) is 0 Å². The molecule has 10 nitrogen and oxygen atoms in total. The van der Waals surface area contributed by atoms with Crippen LogP contribution in [0.2, 0.25) is 0 Å². The van der Waals surface area contributed by atoms with E-state index in [1.165, 1.54) is 0 Å². The molecule has 13 aromatic carbocycles. The van der Waals surface area contributed by atoms with E-state index in [0.29, 0.717) is 55.7 Å². The second kappa shape index (κ2) is 16.8. The topological polar surface area (TPSA) is 114 Å². The van der Waals surface area contributed by atoms with Gasteiger partial charge in [0.15, 0.2) is 44.7 Å². The summed E-state index contributed by atoms with van der Waals surface area (Å²) in [5.41, 5.74) is 23.8. The summed E-state index contributed by atoms with van der Waals surface area (Å²) in [6, 6.07) is 83.8. The van der Waals surface area contributed by atoms with Crippen LogP contribution in [0, 0.1) is 0 Å². The monoisotopic (exact) mass is 1130 g/mol. The van der Waals surface area contributed by atoms with E-state index in [0.717, 1.165) is 154 Å². The van der Waals surface area contributed by atoms with Crippen LogP contribution >= 0.6 is 0 Å². The molecule has 0 aliphatic heterocycles. The lowest BCUT2D eigenvalue weighted by molar-refractivity contribution is 0.597. The second-order valence-electron chi connectivity index (χ2n) is 23.1. The predicted molar refractivity (Wildman–Crippen MR) is 351 cm³/mol. The molecule has 0 fully saturated rings. The zero-order valence-corrected chi connectivity index (χ0v) is 46.3. The van der Waals surface area contributed by atoms with E-state index in [4.69, 9.17) is 35.3 Å².